The number of urea groups is 1. The van der Waals surface area contributed by atoms with E-state index in [0.29, 0.717) is 12.4 Å². The summed E-state index contributed by atoms with van der Waals surface area (Å²) in [6.45, 7) is 6.27. The normalized spacial score (nSPS) is 20.4. The van der Waals surface area contributed by atoms with Crippen molar-refractivity contribution >= 4 is 22.0 Å². The summed E-state index contributed by atoms with van der Waals surface area (Å²) < 4.78 is 32.5. The summed E-state index contributed by atoms with van der Waals surface area (Å²) in [6.07, 6.45) is 0.522. The van der Waals surface area contributed by atoms with Crippen molar-refractivity contribution in [2.45, 2.75) is 50.1 Å². The molecule has 3 rings (SSSR count). The Labute approximate surface area is 159 Å². The van der Waals surface area contributed by atoms with Crippen molar-refractivity contribution in [3.8, 4) is 5.75 Å². The summed E-state index contributed by atoms with van der Waals surface area (Å²) in [6, 6.07) is 5.66. The van der Waals surface area contributed by atoms with Gasteiger partial charge in [-0.1, -0.05) is 0 Å². The lowest BCUT2D eigenvalue weighted by atomic mass is 9.88. The second-order valence-corrected chi connectivity index (χ2v) is 9.03. The van der Waals surface area contributed by atoms with E-state index in [1.807, 2.05) is 6.92 Å². The number of hydrogen-bond donors (Lipinski definition) is 1. The molecule has 1 spiro atoms. The Hall–Kier alpha value is -2.13. The third-order valence-corrected chi connectivity index (χ3v) is 6.97. The van der Waals surface area contributed by atoms with E-state index in [2.05, 4.69) is 5.32 Å². The van der Waals surface area contributed by atoms with Gasteiger partial charge in [0, 0.05) is 19.1 Å². The average Bonchev–Trinajstić information content (AvgIpc) is 2.86. The van der Waals surface area contributed by atoms with Crippen LogP contribution in [0.3, 0.4) is 0 Å². The lowest BCUT2D eigenvalue weighted by Gasteiger charge is -2.36. The summed E-state index contributed by atoms with van der Waals surface area (Å²) in [4.78, 5) is 26.3. The number of sulfonamides is 1. The zero-order chi connectivity index (χ0) is 19.8. The van der Waals surface area contributed by atoms with Crippen LogP contribution in [0.4, 0.5) is 4.79 Å². The van der Waals surface area contributed by atoms with Crippen molar-refractivity contribution in [1.29, 1.82) is 0 Å². The van der Waals surface area contributed by atoms with Gasteiger partial charge in [-0.2, -0.15) is 4.31 Å². The zero-order valence-corrected chi connectivity index (χ0v) is 16.6. The highest BCUT2D eigenvalue weighted by Crippen LogP contribution is 2.32. The quantitative estimate of drug-likeness (QED) is 0.764. The number of benzene rings is 1. The second kappa shape index (κ2) is 7.12. The molecule has 8 nitrogen and oxygen atoms in total. The van der Waals surface area contributed by atoms with E-state index in [0.717, 1.165) is 0 Å². The van der Waals surface area contributed by atoms with Gasteiger partial charge in [0.05, 0.1) is 11.5 Å². The van der Waals surface area contributed by atoms with Crippen LogP contribution in [0.2, 0.25) is 0 Å². The van der Waals surface area contributed by atoms with Gasteiger partial charge in [-0.25, -0.2) is 13.2 Å². The van der Waals surface area contributed by atoms with Crippen LogP contribution in [0.25, 0.3) is 0 Å². The number of nitrogens with zero attached hydrogens (tertiary/aromatic N) is 2. The maximum atomic E-state index is 12.9. The SMILES string of the molecule is CCOc1ccc(S(=O)(=O)N2CCC3(CC2)NC(=O)N(C(C)C)C3=O)cc1. The Morgan fingerprint density at radius 2 is 1.74 bits per heavy atom. The predicted molar refractivity (Wildman–Crippen MR) is 98.8 cm³/mol. The van der Waals surface area contributed by atoms with Crippen LogP contribution in [0.15, 0.2) is 29.2 Å². The van der Waals surface area contributed by atoms with Crippen LogP contribution >= 0.6 is 0 Å². The number of rotatable bonds is 5. The number of ether oxygens (including phenoxy) is 1. The van der Waals surface area contributed by atoms with Gasteiger partial charge in [-0.05, 0) is 57.9 Å². The largest absolute Gasteiger partial charge is 0.494 e. The molecule has 1 N–H and O–H groups in total. The fraction of sp³-hybridized carbons (Fsp3) is 0.556. The summed E-state index contributed by atoms with van der Waals surface area (Å²) in [5, 5.41) is 2.78. The molecule has 0 radical (unpaired) electrons. The molecule has 9 heteroatoms. The molecule has 0 saturated carbocycles. The first-order valence-corrected chi connectivity index (χ1v) is 10.5. The molecule has 1 aromatic carbocycles. The van der Waals surface area contributed by atoms with E-state index >= 15 is 0 Å². The number of imide groups is 1. The average molecular weight is 395 g/mol. The molecule has 0 bridgehead atoms. The zero-order valence-electron chi connectivity index (χ0n) is 15.8. The minimum atomic E-state index is -3.66. The van der Waals surface area contributed by atoms with E-state index in [1.54, 1.807) is 26.0 Å². The highest BCUT2D eigenvalue weighted by molar-refractivity contribution is 7.89. The van der Waals surface area contributed by atoms with Gasteiger partial charge in [0.2, 0.25) is 10.0 Å². The van der Waals surface area contributed by atoms with Gasteiger partial charge >= 0.3 is 6.03 Å². The van der Waals surface area contributed by atoms with Crippen LogP contribution in [-0.2, 0) is 14.8 Å². The Morgan fingerprint density at radius 3 is 2.22 bits per heavy atom. The molecule has 27 heavy (non-hydrogen) atoms. The van der Waals surface area contributed by atoms with Gasteiger partial charge in [-0.15, -0.1) is 0 Å². The molecule has 2 aliphatic heterocycles. The van der Waals surface area contributed by atoms with Crippen molar-refractivity contribution in [2.24, 2.45) is 0 Å². The number of amides is 3. The number of carbonyl (C=O) groups is 2. The number of carbonyl (C=O) groups excluding carboxylic acids is 2. The first-order valence-electron chi connectivity index (χ1n) is 9.10. The maximum absolute atomic E-state index is 12.9. The summed E-state index contributed by atoms with van der Waals surface area (Å²) >= 11 is 0. The second-order valence-electron chi connectivity index (χ2n) is 7.09. The molecule has 0 aliphatic carbocycles. The highest BCUT2D eigenvalue weighted by atomic mass is 32.2. The van der Waals surface area contributed by atoms with Gasteiger partial charge < -0.3 is 10.1 Å². The topological polar surface area (TPSA) is 96.0 Å². The van der Waals surface area contributed by atoms with E-state index in [4.69, 9.17) is 4.74 Å². The number of nitrogens with one attached hydrogen (secondary N) is 1. The first kappa shape index (κ1) is 19.6. The molecule has 0 aromatic heterocycles. The van der Waals surface area contributed by atoms with Crippen molar-refractivity contribution in [1.82, 2.24) is 14.5 Å². The van der Waals surface area contributed by atoms with Gasteiger partial charge in [0.25, 0.3) is 5.91 Å². The monoisotopic (exact) mass is 395 g/mol. The van der Waals surface area contributed by atoms with E-state index < -0.39 is 21.6 Å². The number of piperidine rings is 1. The van der Waals surface area contributed by atoms with E-state index in [1.165, 1.54) is 21.3 Å². The number of hydrogen-bond acceptors (Lipinski definition) is 5. The predicted octanol–water partition coefficient (Wildman–Crippen LogP) is 1.57. The third kappa shape index (κ3) is 3.41. The van der Waals surface area contributed by atoms with Crippen molar-refractivity contribution in [3.05, 3.63) is 24.3 Å². The fourth-order valence-corrected chi connectivity index (χ4v) is 5.02. The van der Waals surface area contributed by atoms with E-state index in [9.17, 15) is 18.0 Å². The van der Waals surface area contributed by atoms with Crippen LogP contribution < -0.4 is 10.1 Å². The highest BCUT2D eigenvalue weighted by Gasteiger charge is 2.53. The molecule has 0 atom stereocenters. The lowest BCUT2D eigenvalue weighted by molar-refractivity contribution is -0.133. The molecule has 1 aromatic rings. The molecular weight excluding hydrogens is 370 g/mol. The Kier molecular flexibility index (Phi) is 5.18. The minimum Gasteiger partial charge on any atom is -0.494 e. The molecule has 2 fully saturated rings. The maximum Gasteiger partial charge on any atom is 0.325 e. The van der Waals surface area contributed by atoms with E-state index in [-0.39, 0.29) is 42.8 Å². The molecule has 2 aliphatic rings. The standard InChI is InChI=1S/C18H25N3O5S/c1-4-26-14-5-7-15(8-6-14)27(24,25)20-11-9-18(10-12-20)16(22)21(13(2)3)17(23)19-18/h5-8,13H,4,9-12H2,1-3H3,(H,19,23). The van der Waals surface area contributed by atoms with Crippen LogP contribution in [-0.4, -0.2) is 60.8 Å². The van der Waals surface area contributed by atoms with Gasteiger partial charge in [0.15, 0.2) is 0 Å². The summed E-state index contributed by atoms with van der Waals surface area (Å²) in [5.74, 6) is 0.350. The van der Waals surface area contributed by atoms with Gasteiger partial charge in [-0.3, -0.25) is 9.69 Å². The Balaban J connectivity index is 1.73. The molecule has 148 valence electrons. The van der Waals surface area contributed by atoms with Crippen LogP contribution in [0.5, 0.6) is 5.75 Å². The molecule has 3 amide bonds. The smallest absolute Gasteiger partial charge is 0.325 e. The minimum absolute atomic E-state index is 0.174. The third-order valence-electron chi connectivity index (χ3n) is 5.06. The van der Waals surface area contributed by atoms with Crippen molar-refractivity contribution in [2.75, 3.05) is 19.7 Å². The van der Waals surface area contributed by atoms with Crippen LogP contribution in [0, 0.1) is 0 Å². The molecule has 0 unspecified atom stereocenters. The van der Waals surface area contributed by atoms with Crippen molar-refractivity contribution < 1.29 is 22.7 Å². The van der Waals surface area contributed by atoms with Crippen LogP contribution in [0.1, 0.15) is 33.6 Å². The first-order chi connectivity index (χ1) is 12.7. The van der Waals surface area contributed by atoms with Crippen molar-refractivity contribution in [3.63, 3.8) is 0 Å². The Morgan fingerprint density at radius 1 is 1.15 bits per heavy atom. The lowest BCUT2D eigenvalue weighted by Crippen LogP contribution is -2.56. The fourth-order valence-electron chi connectivity index (χ4n) is 3.58. The molecule has 2 saturated heterocycles. The molecular formula is C18H25N3O5S. The van der Waals surface area contributed by atoms with Gasteiger partial charge in [0.1, 0.15) is 11.3 Å². The summed E-state index contributed by atoms with van der Waals surface area (Å²) in [7, 11) is -3.66. The Bertz CT molecular complexity index is 827. The summed E-state index contributed by atoms with van der Waals surface area (Å²) in [5.41, 5.74) is -0.994. The molecule has 2 heterocycles.